The van der Waals surface area contributed by atoms with E-state index in [0.717, 1.165) is 40.7 Å². The Labute approximate surface area is 163 Å². The second-order valence-electron chi connectivity index (χ2n) is 7.46. The largest absolute Gasteiger partial charge is 0.465 e. The molecule has 0 bridgehead atoms. The van der Waals surface area contributed by atoms with Gasteiger partial charge in [0.15, 0.2) is 5.78 Å². The standard InChI is InChI=1S/C24H19NO3/c1-28-24(27)21-12-16(15-7-8-15)13-25-22(21)11-14-6-9-18-17-4-2-3-5-19(17)23(26)20(18)10-14/h2-6,9-10,12-13,15H,7-8,11H2,1H3. The van der Waals surface area contributed by atoms with Crippen molar-refractivity contribution in [1.82, 2.24) is 4.98 Å². The minimum atomic E-state index is -0.366. The molecule has 2 aliphatic carbocycles. The van der Waals surface area contributed by atoms with E-state index in [1.807, 2.05) is 54.7 Å². The number of aromatic nitrogens is 1. The molecular weight excluding hydrogens is 350 g/mol. The molecular formula is C24H19NO3. The minimum absolute atomic E-state index is 0.0534. The zero-order valence-corrected chi connectivity index (χ0v) is 15.6. The van der Waals surface area contributed by atoms with Gasteiger partial charge in [-0.05, 0) is 53.1 Å². The molecule has 28 heavy (non-hydrogen) atoms. The van der Waals surface area contributed by atoms with Gasteiger partial charge in [0.2, 0.25) is 0 Å². The molecule has 0 radical (unpaired) electrons. The Morgan fingerprint density at radius 1 is 1.04 bits per heavy atom. The van der Waals surface area contributed by atoms with Crippen molar-refractivity contribution in [2.45, 2.75) is 25.2 Å². The summed E-state index contributed by atoms with van der Waals surface area (Å²) < 4.78 is 4.97. The molecule has 3 aromatic rings. The fourth-order valence-electron chi connectivity index (χ4n) is 3.96. The van der Waals surface area contributed by atoms with Gasteiger partial charge >= 0.3 is 5.97 Å². The first kappa shape index (κ1) is 16.9. The summed E-state index contributed by atoms with van der Waals surface area (Å²) >= 11 is 0. The van der Waals surface area contributed by atoms with Crippen molar-refractivity contribution >= 4 is 11.8 Å². The van der Waals surface area contributed by atoms with Crippen LogP contribution in [0.25, 0.3) is 11.1 Å². The summed E-state index contributed by atoms with van der Waals surface area (Å²) in [7, 11) is 1.39. The molecule has 0 aliphatic heterocycles. The lowest BCUT2D eigenvalue weighted by molar-refractivity contribution is 0.0598. The number of nitrogens with zero attached hydrogens (tertiary/aromatic N) is 1. The maximum Gasteiger partial charge on any atom is 0.339 e. The highest BCUT2D eigenvalue weighted by Crippen LogP contribution is 2.40. The predicted octanol–water partition coefficient (Wildman–Crippen LogP) is 4.55. The van der Waals surface area contributed by atoms with Gasteiger partial charge in [0.05, 0.1) is 18.4 Å². The number of esters is 1. The average molecular weight is 369 g/mol. The molecule has 0 unspecified atom stereocenters. The number of ether oxygens (including phenoxy) is 1. The normalized spacial score (nSPS) is 14.5. The van der Waals surface area contributed by atoms with E-state index in [1.165, 1.54) is 7.11 Å². The highest BCUT2D eigenvalue weighted by Gasteiger charge is 2.28. The topological polar surface area (TPSA) is 56.3 Å². The van der Waals surface area contributed by atoms with Crippen LogP contribution in [-0.2, 0) is 11.2 Å². The van der Waals surface area contributed by atoms with Gasteiger partial charge in [-0.25, -0.2) is 4.79 Å². The second kappa shape index (κ2) is 6.41. The van der Waals surface area contributed by atoms with E-state index in [2.05, 4.69) is 4.98 Å². The first-order chi connectivity index (χ1) is 13.7. The Kier molecular flexibility index (Phi) is 3.86. The summed E-state index contributed by atoms with van der Waals surface area (Å²) in [4.78, 5) is 29.6. The molecule has 4 heteroatoms. The number of fused-ring (bicyclic) bond motifs is 3. The van der Waals surface area contributed by atoms with E-state index in [1.54, 1.807) is 0 Å². The van der Waals surface area contributed by atoms with Gasteiger partial charge in [-0.2, -0.15) is 0 Å². The Morgan fingerprint density at radius 2 is 1.79 bits per heavy atom. The monoisotopic (exact) mass is 369 g/mol. The third kappa shape index (κ3) is 2.73. The number of benzene rings is 2. The van der Waals surface area contributed by atoms with Crippen LogP contribution in [0.1, 0.15) is 61.9 Å². The number of rotatable bonds is 4. The first-order valence-electron chi connectivity index (χ1n) is 9.50. The van der Waals surface area contributed by atoms with Crippen LogP contribution in [-0.4, -0.2) is 23.8 Å². The summed E-state index contributed by atoms with van der Waals surface area (Å²) in [5.74, 6) is 0.202. The number of hydrogen-bond acceptors (Lipinski definition) is 4. The Morgan fingerprint density at radius 3 is 2.54 bits per heavy atom. The number of hydrogen-bond donors (Lipinski definition) is 0. The van der Waals surface area contributed by atoms with Crippen molar-refractivity contribution in [2.75, 3.05) is 7.11 Å². The van der Waals surface area contributed by atoms with Crippen LogP contribution in [0, 0.1) is 0 Å². The Hall–Kier alpha value is -3.27. The molecule has 2 aromatic carbocycles. The van der Waals surface area contributed by atoms with E-state index in [0.29, 0.717) is 29.2 Å². The van der Waals surface area contributed by atoms with Crippen LogP contribution in [0.15, 0.2) is 54.7 Å². The molecule has 0 N–H and O–H groups in total. The molecule has 0 saturated heterocycles. The summed E-state index contributed by atoms with van der Waals surface area (Å²) in [5.41, 5.74) is 6.66. The Bertz CT molecular complexity index is 1130. The van der Waals surface area contributed by atoms with Crippen molar-refractivity contribution < 1.29 is 14.3 Å². The van der Waals surface area contributed by atoms with Gasteiger partial charge < -0.3 is 4.74 Å². The molecule has 0 atom stereocenters. The molecule has 138 valence electrons. The van der Waals surface area contributed by atoms with Crippen molar-refractivity contribution in [3.8, 4) is 11.1 Å². The van der Waals surface area contributed by atoms with E-state index in [9.17, 15) is 9.59 Å². The summed E-state index contributed by atoms with van der Waals surface area (Å²) in [5, 5.41) is 0. The number of carbonyl (C=O) groups excluding carboxylic acids is 2. The third-order valence-electron chi connectivity index (χ3n) is 5.61. The maximum atomic E-state index is 12.8. The minimum Gasteiger partial charge on any atom is -0.465 e. The van der Waals surface area contributed by atoms with E-state index in [-0.39, 0.29) is 11.8 Å². The number of ketones is 1. The second-order valence-corrected chi connectivity index (χ2v) is 7.46. The lowest BCUT2D eigenvalue weighted by Crippen LogP contribution is -2.09. The lowest BCUT2D eigenvalue weighted by atomic mass is 9.98. The van der Waals surface area contributed by atoms with E-state index in [4.69, 9.17) is 4.74 Å². The zero-order chi connectivity index (χ0) is 19.3. The molecule has 1 saturated carbocycles. The molecule has 1 aromatic heterocycles. The van der Waals surface area contributed by atoms with Crippen LogP contribution in [0.4, 0.5) is 0 Å². The molecule has 1 heterocycles. The highest BCUT2D eigenvalue weighted by molar-refractivity contribution is 6.21. The van der Waals surface area contributed by atoms with Gasteiger partial charge in [-0.15, -0.1) is 0 Å². The number of carbonyl (C=O) groups is 2. The van der Waals surface area contributed by atoms with Gasteiger partial charge in [0.25, 0.3) is 0 Å². The van der Waals surface area contributed by atoms with Crippen LogP contribution in [0.2, 0.25) is 0 Å². The summed E-state index contributed by atoms with van der Waals surface area (Å²) in [6.45, 7) is 0. The van der Waals surface area contributed by atoms with Crippen molar-refractivity contribution in [3.63, 3.8) is 0 Å². The van der Waals surface area contributed by atoms with Crippen LogP contribution in [0.5, 0.6) is 0 Å². The van der Waals surface area contributed by atoms with Crippen LogP contribution in [0.3, 0.4) is 0 Å². The molecule has 4 nitrogen and oxygen atoms in total. The van der Waals surface area contributed by atoms with Crippen LogP contribution < -0.4 is 0 Å². The summed E-state index contributed by atoms with van der Waals surface area (Å²) in [6, 6.07) is 15.5. The lowest BCUT2D eigenvalue weighted by Gasteiger charge is -2.10. The molecule has 1 fully saturated rings. The Balaban J connectivity index is 1.51. The molecule has 0 spiro atoms. The smallest absolute Gasteiger partial charge is 0.339 e. The van der Waals surface area contributed by atoms with Crippen LogP contribution >= 0.6 is 0 Å². The average Bonchev–Trinajstić information content (AvgIpc) is 3.54. The fourth-order valence-corrected chi connectivity index (χ4v) is 3.96. The van der Waals surface area contributed by atoms with Crippen molar-refractivity contribution in [1.29, 1.82) is 0 Å². The van der Waals surface area contributed by atoms with Crippen molar-refractivity contribution in [2.24, 2.45) is 0 Å². The SMILES string of the molecule is COC(=O)c1cc(C2CC2)cnc1Cc1ccc2c(c1)C(=O)c1ccccc1-2. The third-order valence-corrected chi connectivity index (χ3v) is 5.61. The maximum absolute atomic E-state index is 12.8. The quantitative estimate of drug-likeness (QED) is 0.495. The zero-order valence-electron chi connectivity index (χ0n) is 15.6. The molecule has 5 rings (SSSR count). The fraction of sp³-hybridized carbons (Fsp3) is 0.208. The van der Waals surface area contributed by atoms with Gasteiger partial charge in [-0.3, -0.25) is 9.78 Å². The van der Waals surface area contributed by atoms with Gasteiger partial charge in [0.1, 0.15) is 0 Å². The van der Waals surface area contributed by atoms with Gasteiger partial charge in [-0.1, -0.05) is 36.4 Å². The number of pyridine rings is 1. The predicted molar refractivity (Wildman–Crippen MR) is 106 cm³/mol. The summed E-state index contributed by atoms with van der Waals surface area (Å²) in [6.07, 6.45) is 4.64. The van der Waals surface area contributed by atoms with E-state index >= 15 is 0 Å². The van der Waals surface area contributed by atoms with Gasteiger partial charge in [0, 0.05) is 23.7 Å². The molecule has 2 aliphatic rings. The molecule has 0 amide bonds. The highest BCUT2D eigenvalue weighted by atomic mass is 16.5. The van der Waals surface area contributed by atoms with E-state index < -0.39 is 0 Å². The first-order valence-corrected chi connectivity index (χ1v) is 9.50. The number of methoxy groups -OCH3 is 1. The van der Waals surface area contributed by atoms with Crippen molar-refractivity contribution in [3.05, 3.63) is 88.2 Å².